The highest BCUT2D eigenvalue weighted by molar-refractivity contribution is 7.10. The van der Waals surface area contributed by atoms with Crippen LogP contribution >= 0.6 is 11.3 Å². The maximum Gasteiger partial charge on any atom is 0.132 e. The fourth-order valence-corrected chi connectivity index (χ4v) is 2.32. The van der Waals surface area contributed by atoms with Crippen molar-refractivity contribution in [1.82, 2.24) is 4.98 Å². The molecule has 0 amide bonds. The number of thiazole rings is 1. The summed E-state index contributed by atoms with van der Waals surface area (Å²) in [5, 5.41) is 9.00. The second kappa shape index (κ2) is 4.07. The van der Waals surface area contributed by atoms with Crippen LogP contribution in [0.3, 0.4) is 0 Å². The molecular formula is C13H12N2S. The molecule has 2 rings (SSSR count). The topological polar surface area (TPSA) is 36.7 Å². The van der Waals surface area contributed by atoms with E-state index in [1.165, 1.54) is 28.0 Å². The Bertz CT molecular complexity index is 576. The van der Waals surface area contributed by atoms with Crippen LogP contribution in [0.15, 0.2) is 17.6 Å². The summed E-state index contributed by atoms with van der Waals surface area (Å²) < 4.78 is 0. The third-order valence-electron chi connectivity index (χ3n) is 2.76. The van der Waals surface area contributed by atoms with Crippen molar-refractivity contribution in [1.29, 1.82) is 5.26 Å². The predicted molar refractivity (Wildman–Crippen MR) is 66.5 cm³/mol. The van der Waals surface area contributed by atoms with Gasteiger partial charge in [0.2, 0.25) is 0 Å². The summed E-state index contributed by atoms with van der Waals surface area (Å²) >= 11 is 1.39. The van der Waals surface area contributed by atoms with Crippen LogP contribution in [0.5, 0.6) is 0 Å². The molecule has 1 heterocycles. The number of aromatic nitrogens is 1. The molecule has 0 bridgehead atoms. The number of nitriles is 1. The standard InChI is InChI=1S/C13H12N2S/c1-8-4-10(3)11(5-9(8)2)13-12(6-14)16-7-15-13/h4-5,7H,1-3H3. The average molecular weight is 228 g/mol. The van der Waals surface area contributed by atoms with Crippen LogP contribution in [0.1, 0.15) is 21.6 Å². The van der Waals surface area contributed by atoms with Gasteiger partial charge < -0.3 is 0 Å². The molecule has 0 radical (unpaired) electrons. The normalized spacial score (nSPS) is 10.1. The smallest absolute Gasteiger partial charge is 0.132 e. The molecule has 0 unspecified atom stereocenters. The molecule has 0 saturated carbocycles. The van der Waals surface area contributed by atoms with E-state index in [1.54, 1.807) is 5.51 Å². The Kier molecular flexibility index (Phi) is 2.76. The number of benzene rings is 1. The van der Waals surface area contributed by atoms with Gasteiger partial charge in [-0.25, -0.2) is 4.98 Å². The van der Waals surface area contributed by atoms with E-state index in [0.717, 1.165) is 11.3 Å². The summed E-state index contributed by atoms with van der Waals surface area (Å²) in [7, 11) is 0. The van der Waals surface area contributed by atoms with Crippen LogP contribution in [-0.4, -0.2) is 4.98 Å². The van der Waals surface area contributed by atoms with Crippen molar-refractivity contribution in [3.05, 3.63) is 39.2 Å². The first kappa shape index (κ1) is 10.8. The monoisotopic (exact) mass is 228 g/mol. The van der Waals surface area contributed by atoms with Crippen LogP contribution in [0.2, 0.25) is 0 Å². The van der Waals surface area contributed by atoms with E-state index in [1.807, 2.05) is 0 Å². The summed E-state index contributed by atoms with van der Waals surface area (Å²) in [4.78, 5) is 4.97. The molecule has 3 heteroatoms. The minimum Gasteiger partial charge on any atom is -0.243 e. The molecule has 0 fully saturated rings. The highest BCUT2D eigenvalue weighted by Crippen LogP contribution is 2.29. The molecule has 80 valence electrons. The van der Waals surface area contributed by atoms with Gasteiger partial charge in [0.25, 0.3) is 0 Å². The maximum atomic E-state index is 9.00. The van der Waals surface area contributed by atoms with E-state index in [-0.39, 0.29) is 0 Å². The molecule has 0 aliphatic heterocycles. The van der Waals surface area contributed by atoms with Crippen LogP contribution in [0, 0.1) is 32.1 Å². The van der Waals surface area contributed by atoms with Crippen LogP contribution in [0.4, 0.5) is 0 Å². The van der Waals surface area contributed by atoms with Gasteiger partial charge in [0, 0.05) is 5.56 Å². The van der Waals surface area contributed by atoms with Crippen molar-refractivity contribution in [2.24, 2.45) is 0 Å². The predicted octanol–water partition coefficient (Wildman–Crippen LogP) is 3.61. The number of aryl methyl sites for hydroxylation is 3. The van der Waals surface area contributed by atoms with Gasteiger partial charge in [0.05, 0.1) is 11.2 Å². The summed E-state index contributed by atoms with van der Waals surface area (Å²) in [5.41, 5.74) is 7.29. The molecule has 2 aromatic rings. The molecule has 0 spiro atoms. The molecule has 1 aromatic carbocycles. The first-order valence-corrected chi connectivity index (χ1v) is 5.93. The van der Waals surface area contributed by atoms with E-state index in [4.69, 9.17) is 5.26 Å². The molecular weight excluding hydrogens is 216 g/mol. The highest BCUT2D eigenvalue weighted by Gasteiger charge is 2.11. The Morgan fingerprint density at radius 1 is 1.12 bits per heavy atom. The lowest BCUT2D eigenvalue weighted by Gasteiger charge is -2.07. The van der Waals surface area contributed by atoms with Crippen molar-refractivity contribution >= 4 is 11.3 Å². The minimum absolute atomic E-state index is 0.686. The average Bonchev–Trinajstić information content (AvgIpc) is 2.71. The highest BCUT2D eigenvalue weighted by atomic mass is 32.1. The summed E-state index contributed by atoms with van der Waals surface area (Å²) in [6, 6.07) is 6.45. The second-order valence-electron chi connectivity index (χ2n) is 3.89. The first-order chi connectivity index (χ1) is 7.63. The van der Waals surface area contributed by atoms with Gasteiger partial charge in [0.15, 0.2) is 0 Å². The molecule has 2 nitrogen and oxygen atoms in total. The minimum atomic E-state index is 0.686. The largest absolute Gasteiger partial charge is 0.243 e. The third-order valence-corrected chi connectivity index (χ3v) is 3.50. The Labute approximate surface area is 99.2 Å². The molecule has 0 atom stereocenters. The molecule has 0 saturated heterocycles. The van der Waals surface area contributed by atoms with Gasteiger partial charge in [-0.15, -0.1) is 11.3 Å². The molecule has 0 N–H and O–H groups in total. The van der Waals surface area contributed by atoms with Gasteiger partial charge in [-0.1, -0.05) is 6.07 Å². The summed E-state index contributed by atoms with van der Waals surface area (Å²) in [6.45, 7) is 6.23. The van der Waals surface area contributed by atoms with Gasteiger partial charge in [-0.3, -0.25) is 0 Å². The van der Waals surface area contributed by atoms with Crippen molar-refractivity contribution in [2.45, 2.75) is 20.8 Å². The molecule has 0 aliphatic carbocycles. The Hall–Kier alpha value is -1.66. The van der Waals surface area contributed by atoms with Gasteiger partial charge in [0.1, 0.15) is 10.9 Å². The maximum absolute atomic E-state index is 9.00. The SMILES string of the molecule is Cc1cc(C)c(-c2ncsc2C#N)cc1C. The Balaban J connectivity index is 2.66. The third kappa shape index (κ3) is 1.72. The van der Waals surface area contributed by atoms with Gasteiger partial charge in [-0.05, 0) is 43.5 Å². The summed E-state index contributed by atoms with van der Waals surface area (Å²) in [6.07, 6.45) is 0. The number of nitrogens with zero attached hydrogens (tertiary/aromatic N) is 2. The fraction of sp³-hybridized carbons (Fsp3) is 0.231. The van der Waals surface area contributed by atoms with Crippen molar-refractivity contribution in [3.63, 3.8) is 0 Å². The van der Waals surface area contributed by atoms with E-state index >= 15 is 0 Å². The second-order valence-corrected chi connectivity index (χ2v) is 4.75. The van der Waals surface area contributed by atoms with Crippen LogP contribution in [0.25, 0.3) is 11.3 Å². The lowest BCUT2D eigenvalue weighted by Crippen LogP contribution is -1.90. The van der Waals surface area contributed by atoms with Gasteiger partial charge >= 0.3 is 0 Å². The van der Waals surface area contributed by atoms with E-state index in [2.05, 4.69) is 44.0 Å². The summed E-state index contributed by atoms with van der Waals surface area (Å²) in [5.74, 6) is 0. The zero-order chi connectivity index (χ0) is 11.7. The van der Waals surface area contributed by atoms with Crippen LogP contribution in [-0.2, 0) is 0 Å². The number of rotatable bonds is 1. The Morgan fingerprint density at radius 2 is 1.81 bits per heavy atom. The molecule has 0 aliphatic rings. The van der Waals surface area contributed by atoms with E-state index < -0.39 is 0 Å². The molecule has 1 aromatic heterocycles. The molecule has 16 heavy (non-hydrogen) atoms. The van der Waals surface area contributed by atoms with Crippen LogP contribution < -0.4 is 0 Å². The lowest BCUT2D eigenvalue weighted by molar-refractivity contribution is 1.28. The van der Waals surface area contributed by atoms with Crippen molar-refractivity contribution < 1.29 is 0 Å². The number of hydrogen-bond acceptors (Lipinski definition) is 3. The first-order valence-electron chi connectivity index (χ1n) is 5.05. The van der Waals surface area contributed by atoms with Gasteiger partial charge in [-0.2, -0.15) is 5.26 Å². The Morgan fingerprint density at radius 3 is 2.50 bits per heavy atom. The van der Waals surface area contributed by atoms with E-state index in [9.17, 15) is 0 Å². The fourth-order valence-electron chi connectivity index (χ4n) is 1.73. The zero-order valence-electron chi connectivity index (χ0n) is 9.53. The van der Waals surface area contributed by atoms with Crippen molar-refractivity contribution in [2.75, 3.05) is 0 Å². The lowest BCUT2D eigenvalue weighted by atomic mass is 9.98. The zero-order valence-corrected chi connectivity index (χ0v) is 10.4. The van der Waals surface area contributed by atoms with Crippen molar-refractivity contribution in [3.8, 4) is 17.3 Å². The van der Waals surface area contributed by atoms with E-state index in [0.29, 0.717) is 4.88 Å². The number of hydrogen-bond donors (Lipinski definition) is 0. The quantitative estimate of drug-likeness (QED) is 0.747.